The van der Waals surface area contributed by atoms with Gasteiger partial charge in [0.1, 0.15) is 29.4 Å². The lowest BCUT2D eigenvalue weighted by Crippen LogP contribution is -2.54. The van der Waals surface area contributed by atoms with Crippen molar-refractivity contribution in [1.29, 1.82) is 0 Å². The summed E-state index contributed by atoms with van der Waals surface area (Å²) in [5.41, 5.74) is 1.15. The Morgan fingerprint density at radius 1 is 0.919 bits per heavy atom. The zero-order chi connectivity index (χ0) is 26.5. The van der Waals surface area contributed by atoms with Crippen LogP contribution < -0.4 is 24.4 Å². The SMILES string of the molecule is CCOc1ccc(N2C(=O)NC(=O)/C(=C\c3ccc(OC)cc3OCc3ccc(Cl)cc3Cl)C2=O)cc1. The zero-order valence-corrected chi connectivity index (χ0v) is 21.4. The minimum absolute atomic E-state index is 0.0935. The lowest BCUT2D eigenvalue weighted by molar-refractivity contribution is -0.122. The normalized spacial score (nSPS) is 14.5. The van der Waals surface area contributed by atoms with Gasteiger partial charge in [0.2, 0.25) is 0 Å². The van der Waals surface area contributed by atoms with Crippen LogP contribution in [0.3, 0.4) is 0 Å². The molecule has 0 unspecified atom stereocenters. The monoisotopic (exact) mass is 540 g/mol. The number of rotatable bonds is 8. The van der Waals surface area contributed by atoms with Crippen LogP contribution in [0.15, 0.2) is 66.2 Å². The average molecular weight is 541 g/mol. The molecule has 0 spiro atoms. The van der Waals surface area contributed by atoms with E-state index in [2.05, 4.69) is 5.32 Å². The first-order valence-corrected chi connectivity index (χ1v) is 12.0. The Labute approximate surface area is 223 Å². The number of nitrogens with zero attached hydrogens (tertiary/aromatic N) is 1. The number of urea groups is 1. The van der Waals surface area contributed by atoms with Gasteiger partial charge in [0.05, 0.1) is 19.4 Å². The highest BCUT2D eigenvalue weighted by atomic mass is 35.5. The van der Waals surface area contributed by atoms with Crippen LogP contribution in [0, 0.1) is 0 Å². The van der Waals surface area contributed by atoms with E-state index in [0.717, 1.165) is 4.90 Å². The van der Waals surface area contributed by atoms with E-state index in [1.54, 1.807) is 60.7 Å². The molecule has 0 bridgehead atoms. The fourth-order valence-electron chi connectivity index (χ4n) is 3.59. The Bertz CT molecular complexity index is 1390. The lowest BCUT2D eigenvalue weighted by atomic mass is 10.1. The van der Waals surface area contributed by atoms with Gasteiger partial charge in [-0.25, -0.2) is 9.69 Å². The van der Waals surface area contributed by atoms with Crippen LogP contribution in [0.4, 0.5) is 10.5 Å². The Morgan fingerprint density at radius 3 is 2.32 bits per heavy atom. The van der Waals surface area contributed by atoms with Gasteiger partial charge in [0.25, 0.3) is 11.8 Å². The molecule has 1 heterocycles. The summed E-state index contributed by atoms with van der Waals surface area (Å²) >= 11 is 12.2. The van der Waals surface area contributed by atoms with Crippen molar-refractivity contribution >= 4 is 52.8 Å². The summed E-state index contributed by atoms with van der Waals surface area (Å²) in [6, 6.07) is 15.5. The van der Waals surface area contributed by atoms with Gasteiger partial charge in [-0.1, -0.05) is 29.3 Å². The van der Waals surface area contributed by atoms with E-state index < -0.39 is 17.8 Å². The number of imide groups is 2. The summed E-state index contributed by atoms with van der Waals surface area (Å²) in [4.78, 5) is 39.4. The van der Waals surface area contributed by atoms with E-state index in [9.17, 15) is 14.4 Å². The predicted octanol–water partition coefficient (Wildman–Crippen LogP) is 5.65. The lowest BCUT2D eigenvalue weighted by Gasteiger charge is -2.26. The van der Waals surface area contributed by atoms with Gasteiger partial charge in [-0.3, -0.25) is 14.9 Å². The Hall–Kier alpha value is -4.01. The van der Waals surface area contributed by atoms with Crippen molar-refractivity contribution in [3.05, 3.63) is 87.4 Å². The number of halogens is 2. The molecule has 4 rings (SSSR count). The molecule has 3 aromatic carbocycles. The molecule has 0 aromatic heterocycles. The number of hydrogen-bond donors (Lipinski definition) is 1. The second-order valence-electron chi connectivity index (χ2n) is 7.81. The van der Waals surface area contributed by atoms with Crippen LogP contribution in [0.1, 0.15) is 18.1 Å². The Morgan fingerprint density at radius 2 is 1.65 bits per heavy atom. The molecule has 1 fully saturated rings. The van der Waals surface area contributed by atoms with E-state index in [0.29, 0.717) is 45.0 Å². The van der Waals surface area contributed by atoms with Crippen LogP contribution >= 0.6 is 23.2 Å². The van der Waals surface area contributed by atoms with Gasteiger partial charge < -0.3 is 14.2 Å². The maximum Gasteiger partial charge on any atom is 0.335 e. The highest BCUT2D eigenvalue weighted by Crippen LogP contribution is 2.31. The number of methoxy groups -OCH3 is 1. The van der Waals surface area contributed by atoms with Crippen molar-refractivity contribution in [3.63, 3.8) is 0 Å². The standard InChI is InChI=1S/C27H22Cl2N2O6/c1-3-36-20-10-7-19(8-11-20)31-26(33)22(25(32)30-27(31)34)12-16-5-9-21(35-2)14-24(16)37-15-17-4-6-18(28)13-23(17)29/h4-14H,3,15H2,1-2H3,(H,30,32,34)/b22-12+. The van der Waals surface area contributed by atoms with Crippen LogP contribution in [-0.4, -0.2) is 31.6 Å². The van der Waals surface area contributed by atoms with Gasteiger partial charge in [0.15, 0.2) is 0 Å². The third-order valence-electron chi connectivity index (χ3n) is 5.43. The molecule has 0 aliphatic carbocycles. The average Bonchev–Trinajstić information content (AvgIpc) is 2.87. The number of benzene rings is 3. The van der Waals surface area contributed by atoms with E-state index in [1.807, 2.05) is 6.92 Å². The Balaban J connectivity index is 1.66. The number of ether oxygens (including phenoxy) is 3. The number of carbonyl (C=O) groups is 3. The second kappa shape index (κ2) is 11.4. The summed E-state index contributed by atoms with van der Waals surface area (Å²) in [5, 5.41) is 3.14. The van der Waals surface area contributed by atoms with Gasteiger partial charge in [0, 0.05) is 27.2 Å². The van der Waals surface area contributed by atoms with Crippen LogP contribution in [0.5, 0.6) is 17.2 Å². The number of barbiturate groups is 1. The fourth-order valence-corrected chi connectivity index (χ4v) is 4.05. The number of hydrogen-bond acceptors (Lipinski definition) is 6. The molecule has 37 heavy (non-hydrogen) atoms. The minimum Gasteiger partial charge on any atom is -0.497 e. The highest BCUT2D eigenvalue weighted by molar-refractivity contribution is 6.39. The van der Waals surface area contributed by atoms with Crippen LogP contribution in [0.2, 0.25) is 10.0 Å². The number of nitrogens with one attached hydrogen (secondary N) is 1. The number of anilines is 1. The van der Waals surface area contributed by atoms with Gasteiger partial charge in [-0.2, -0.15) is 0 Å². The molecule has 4 amide bonds. The van der Waals surface area contributed by atoms with Gasteiger partial charge in [-0.15, -0.1) is 0 Å². The molecule has 0 saturated carbocycles. The van der Waals surface area contributed by atoms with Crippen molar-refractivity contribution in [3.8, 4) is 17.2 Å². The molecule has 10 heteroatoms. The largest absolute Gasteiger partial charge is 0.497 e. The minimum atomic E-state index is -0.847. The topological polar surface area (TPSA) is 94.2 Å². The second-order valence-corrected chi connectivity index (χ2v) is 8.66. The first-order chi connectivity index (χ1) is 17.8. The molecule has 0 radical (unpaired) electrons. The summed E-state index contributed by atoms with van der Waals surface area (Å²) in [6.07, 6.45) is 1.36. The van der Waals surface area contributed by atoms with E-state index >= 15 is 0 Å². The molecule has 0 atom stereocenters. The van der Waals surface area contributed by atoms with E-state index in [4.69, 9.17) is 37.4 Å². The third kappa shape index (κ3) is 5.87. The molecular formula is C27H22Cl2N2O6. The first-order valence-electron chi connectivity index (χ1n) is 11.2. The summed E-state index contributed by atoms with van der Waals surface area (Å²) < 4.78 is 16.7. The number of amides is 4. The van der Waals surface area contributed by atoms with Crippen molar-refractivity contribution in [2.45, 2.75) is 13.5 Å². The highest BCUT2D eigenvalue weighted by Gasteiger charge is 2.37. The predicted molar refractivity (Wildman–Crippen MR) is 140 cm³/mol. The van der Waals surface area contributed by atoms with Crippen molar-refractivity contribution in [1.82, 2.24) is 5.32 Å². The molecule has 3 aromatic rings. The summed E-state index contributed by atoms with van der Waals surface area (Å²) in [7, 11) is 1.51. The summed E-state index contributed by atoms with van der Waals surface area (Å²) in [5.74, 6) is -0.170. The van der Waals surface area contributed by atoms with Crippen molar-refractivity contribution < 1.29 is 28.6 Å². The van der Waals surface area contributed by atoms with Crippen LogP contribution in [-0.2, 0) is 16.2 Å². The molecule has 1 aliphatic rings. The van der Waals surface area contributed by atoms with Crippen molar-refractivity contribution in [2.75, 3.05) is 18.6 Å². The fraction of sp³-hybridized carbons (Fsp3) is 0.148. The van der Waals surface area contributed by atoms with E-state index in [1.165, 1.54) is 13.2 Å². The quantitative estimate of drug-likeness (QED) is 0.293. The molecule has 8 nitrogen and oxygen atoms in total. The van der Waals surface area contributed by atoms with E-state index in [-0.39, 0.29) is 17.9 Å². The molecule has 1 saturated heterocycles. The smallest absolute Gasteiger partial charge is 0.335 e. The maximum atomic E-state index is 13.3. The first kappa shape index (κ1) is 26.1. The maximum absolute atomic E-state index is 13.3. The van der Waals surface area contributed by atoms with Gasteiger partial charge >= 0.3 is 6.03 Å². The number of carbonyl (C=O) groups excluding carboxylic acids is 3. The van der Waals surface area contributed by atoms with Gasteiger partial charge in [-0.05, 0) is 61.5 Å². The zero-order valence-electron chi connectivity index (χ0n) is 19.9. The third-order valence-corrected chi connectivity index (χ3v) is 6.01. The molecule has 1 aliphatic heterocycles. The molecule has 1 N–H and O–H groups in total. The Kier molecular flexibility index (Phi) is 8.01. The molecule has 190 valence electrons. The summed E-state index contributed by atoms with van der Waals surface area (Å²) in [6.45, 7) is 2.41. The van der Waals surface area contributed by atoms with Crippen molar-refractivity contribution in [2.24, 2.45) is 0 Å². The molecular weight excluding hydrogens is 519 g/mol. The van der Waals surface area contributed by atoms with Crippen LogP contribution in [0.25, 0.3) is 6.08 Å².